The second-order valence-electron chi connectivity index (χ2n) is 6.55. The number of piperidine rings is 1. The standard InChI is InChI=1S/C12H21NO4.C8H6O3.ClH/c14-12(10-3-5-13-6-4-10)17-7-1-2-11-15-8-9-16-11;9-5-6-1-3-7(4-2-6)8(10)11;/h10-11,13H,1-9H2;1-5H,(H,10,11);1H. The van der Waals surface area contributed by atoms with E-state index in [1.54, 1.807) is 0 Å². The maximum atomic E-state index is 11.7. The van der Waals surface area contributed by atoms with Crippen LogP contribution in [0.1, 0.15) is 46.4 Å². The number of ether oxygens (including phenoxy) is 3. The number of halogens is 1. The van der Waals surface area contributed by atoms with E-state index in [0.717, 1.165) is 38.8 Å². The molecular formula is C20H28ClNO7. The first-order chi connectivity index (χ1) is 13.6. The minimum Gasteiger partial charge on any atom is -0.478 e. The van der Waals surface area contributed by atoms with Crippen molar-refractivity contribution >= 4 is 30.6 Å². The molecule has 0 aliphatic carbocycles. The first kappa shape index (κ1) is 25.0. The molecule has 0 saturated carbocycles. The van der Waals surface area contributed by atoms with Crippen LogP contribution in [0, 0.1) is 5.92 Å². The lowest BCUT2D eigenvalue weighted by Crippen LogP contribution is -2.32. The van der Waals surface area contributed by atoms with Gasteiger partial charge >= 0.3 is 11.9 Å². The van der Waals surface area contributed by atoms with Crippen LogP contribution < -0.4 is 5.32 Å². The van der Waals surface area contributed by atoms with Crippen molar-refractivity contribution in [2.45, 2.75) is 32.0 Å². The number of aromatic carboxylic acids is 1. The molecule has 0 radical (unpaired) electrons. The summed E-state index contributed by atoms with van der Waals surface area (Å²) in [4.78, 5) is 32.1. The maximum Gasteiger partial charge on any atom is 0.335 e. The molecule has 0 amide bonds. The van der Waals surface area contributed by atoms with Crippen LogP contribution in [0.2, 0.25) is 0 Å². The van der Waals surface area contributed by atoms with Crippen molar-refractivity contribution in [3.8, 4) is 0 Å². The molecule has 162 valence electrons. The molecule has 0 spiro atoms. The van der Waals surface area contributed by atoms with E-state index < -0.39 is 5.97 Å². The third-order valence-electron chi connectivity index (χ3n) is 4.49. The molecule has 29 heavy (non-hydrogen) atoms. The Hall–Kier alpha value is -2.00. The highest BCUT2D eigenvalue weighted by molar-refractivity contribution is 5.88. The first-order valence-corrected chi connectivity index (χ1v) is 9.49. The molecule has 0 aromatic heterocycles. The topological polar surface area (TPSA) is 111 Å². The lowest BCUT2D eigenvalue weighted by molar-refractivity contribution is -0.150. The van der Waals surface area contributed by atoms with Gasteiger partial charge in [-0.15, -0.1) is 12.4 Å². The van der Waals surface area contributed by atoms with Crippen LogP contribution in [0.4, 0.5) is 0 Å². The predicted molar refractivity (Wildman–Crippen MR) is 108 cm³/mol. The van der Waals surface area contributed by atoms with Crippen LogP contribution in [0.25, 0.3) is 0 Å². The van der Waals surface area contributed by atoms with E-state index in [9.17, 15) is 14.4 Å². The van der Waals surface area contributed by atoms with Gasteiger partial charge in [0.05, 0.1) is 31.3 Å². The number of rotatable bonds is 7. The average Bonchev–Trinajstić information content (AvgIpc) is 3.26. The molecule has 2 saturated heterocycles. The molecule has 8 nitrogen and oxygen atoms in total. The van der Waals surface area contributed by atoms with Crippen molar-refractivity contribution in [1.29, 1.82) is 0 Å². The van der Waals surface area contributed by atoms with E-state index in [-0.39, 0.29) is 36.1 Å². The number of nitrogens with one attached hydrogen (secondary N) is 1. The molecule has 1 aromatic rings. The summed E-state index contributed by atoms with van der Waals surface area (Å²) in [6.07, 6.45) is 3.99. The Morgan fingerprint density at radius 3 is 2.31 bits per heavy atom. The zero-order valence-electron chi connectivity index (χ0n) is 16.2. The van der Waals surface area contributed by atoms with Crippen molar-refractivity contribution in [2.24, 2.45) is 5.92 Å². The SMILES string of the molecule is Cl.O=C(OCCCC1OCCO1)C1CCNCC1.O=Cc1ccc(C(=O)O)cc1. The van der Waals surface area contributed by atoms with Gasteiger partial charge in [-0.3, -0.25) is 9.59 Å². The molecule has 0 atom stereocenters. The van der Waals surface area contributed by atoms with E-state index in [2.05, 4.69) is 5.32 Å². The summed E-state index contributed by atoms with van der Waals surface area (Å²) in [5.41, 5.74) is 0.672. The predicted octanol–water partition coefficient (Wildman–Crippen LogP) is 2.30. The van der Waals surface area contributed by atoms with Crippen molar-refractivity contribution in [1.82, 2.24) is 5.32 Å². The third kappa shape index (κ3) is 9.36. The zero-order valence-corrected chi connectivity index (χ0v) is 17.0. The number of hydrogen-bond acceptors (Lipinski definition) is 7. The van der Waals surface area contributed by atoms with Crippen LogP contribution in [-0.4, -0.2) is 62.5 Å². The van der Waals surface area contributed by atoms with Gasteiger partial charge in [0.2, 0.25) is 0 Å². The van der Waals surface area contributed by atoms with Gasteiger partial charge in [0, 0.05) is 12.0 Å². The zero-order chi connectivity index (χ0) is 20.2. The van der Waals surface area contributed by atoms with Gasteiger partial charge in [0.25, 0.3) is 0 Å². The molecule has 9 heteroatoms. The van der Waals surface area contributed by atoms with Gasteiger partial charge < -0.3 is 24.6 Å². The number of carboxylic acids is 1. The number of aldehydes is 1. The van der Waals surface area contributed by atoms with Gasteiger partial charge in [-0.05, 0) is 44.5 Å². The molecule has 2 heterocycles. The first-order valence-electron chi connectivity index (χ1n) is 9.49. The lowest BCUT2D eigenvalue weighted by atomic mass is 9.99. The van der Waals surface area contributed by atoms with Gasteiger partial charge in [-0.25, -0.2) is 4.79 Å². The lowest BCUT2D eigenvalue weighted by Gasteiger charge is -2.21. The second kappa shape index (κ2) is 14.1. The minimum atomic E-state index is -0.984. The number of carboxylic acid groups (broad SMARTS) is 1. The van der Waals surface area contributed by atoms with E-state index in [1.807, 2.05) is 0 Å². The van der Waals surface area contributed by atoms with Crippen molar-refractivity contribution in [2.75, 3.05) is 32.9 Å². The summed E-state index contributed by atoms with van der Waals surface area (Å²) in [7, 11) is 0. The highest BCUT2D eigenvalue weighted by Gasteiger charge is 2.22. The summed E-state index contributed by atoms with van der Waals surface area (Å²) in [6, 6.07) is 5.73. The molecule has 3 rings (SSSR count). The van der Waals surface area contributed by atoms with E-state index in [1.165, 1.54) is 24.3 Å². The number of hydrogen-bond donors (Lipinski definition) is 2. The molecule has 0 unspecified atom stereocenters. The fourth-order valence-corrected chi connectivity index (χ4v) is 2.88. The molecule has 0 bridgehead atoms. The quantitative estimate of drug-likeness (QED) is 0.386. The number of carbonyl (C=O) groups excluding carboxylic acids is 2. The smallest absolute Gasteiger partial charge is 0.335 e. The van der Waals surface area contributed by atoms with Gasteiger partial charge in [-0.1, -0.05) is 12.1 Å². The minimum absolute atomic E-state index is 0. The van der Waals surface area contributed by atoms with Crippen LogP contribution in [-0.2, 0) is 19.0 Å². The van der Waals surface area contributed by atoms with Crippen LogP contribution >= 0.6 is 12.4 Å². The molecule has 2 aliphatic heterocycles. The Kier molecular flexibility index (Phi) is 12.1. The molecule has 2 aliphatic rings. The second-order valence-corrected chi connectivity index (χ2v) is 6.55. The summed E-state index contributed by atoms with van der Waals surface area (Å²) < 4.78 is 15.9. The van der Waals surface area contributed by atoms with Crippen LogP contribution in [0.3, 0.4) is 0 Å². The Bertz CT molecular complexity index is 626. The van der Waals surface area contributed by atoms with Gasteiger partial charge in [0.1, 0.15) is 6.29 Å². The summed E-state index contributed by atoms with van der Waals surface area (Å²) in [5.74, 6) is -0.933. The van der Waals surface area contributed by atoms with E-state index in [4.69, 9.17) is 19.3 Å². The number of benzene rings is 1. The highest BCUT2D eigenvalue weighted by atomic mass is 35.5. The Morgan fingerprint density at radius 2 is 1.76 bits per heavy atom. The normalized spacial score (nSPS) is 16.8. The van der Waals surface area contributed by atoms with Crippen molar-refractivity contribution < 1.29 is 33.7 Å². The Morgan fingerprint density at radius 1 is 1.14 bits per heavy atom. The van der Waals surface area contributed by atoms with Gasteiger partial charge in [-0.2, -0.15) is 0 Å². The fraction of sp³-hybridized carbons (Fsp3) is 0.550. The van der Waals surface area contributed by atoms with Crippen LogP contribution in [0.15, 0.2) is 24.3 Å². The Balaban J connectivity index is 0.000000306. The largest absolute Gasteiger partial charge is 0.478 e. The number of esters is 1. The van der Waals surface area contributed by atoms with Gasteiger partial charge in [0.15, 0.2) is 6.29 Å². The molecular weight excluding hydrogens is 402 g/mol. The maximum absolute atomic E-state index is 11.7. The van der Waals surface area contributed by atoms with E-state index in [0.29, 0.717) is 31.7 Å². The summed E-state index contributed by atoms with van der Waals surface area (Å²) in [5, 5.41) is 11.7. The summed E-state index contributed by atoms with van der Waals surface area (Å²) >= 11 is 0. The monoisotopic (exact) mass is 429 g/mol. The average molecular weight is 430 g/mol. The van der Waals surface area contributed by atoms with Crippen LogP contribution in [0.5, 0.6) is 0 Å². The third-order valence-corrected chi connectivity index (χ3v) is 4.49. The molecule has 1 aromatic carbocycles. The molecule has 2 fully saturated rings. The van der Waals surface area contributed by atoms with Crippen molar-refractivity contribution in [3.05, 3.63) is 35.4 Å². The van der Waals surface area contributed by atoms with Crippen molar-refractivity contribution in [3.63, 3.8) is 0 Å². The fourth-order valence-electron chi connectivity index (χ4n) is 2.88. The Labute approximate surface area is 176 Å². The summed E-state index contributed by atoms with van der Waals surface area (Å²) in [6.45, 7) is 3.68. The van der Waals surface area contributed by atoms with E-state index >= 15 is 0 Å². The highest BCUT2D eigenvalue weighted by Crippen LogP contribution is 2.14. The molecule has 2 N–H and O–H groups in total. The number of carbonyl (C=O) groups is 3.